The quantitative estimate of drug-likeness (QED) is 0.156. The molecule has 5 rings (SSSR count). The van der Waals surface area contributed by atoms with Crippen molar-refractivity contribution in [2.45, 2.75) is 76.9 Å². The largest absolute Gasteiger partial charge is 0.345 e. The van der Waals surface area contributed by atoms with Crippen LogP contribution in [0.1, 0.15) is 57.1 Å². The molecule has 1 heterocycles. The van der Waals surface area contributed by atoms with Gasteiger partial charge in [-0.1, -0.05) is 105 Å². The molecule has 1 aliphatic rings. The van der Waals surface area contributed by atoms with Crippen LogP contribution in [0.25, 0.3) is 21.5 Å². The lowest BCUT2D eigenvalue weighted by atomic mass is 9.95. The van der Waals surface area contributed by atoms with Crippen LogP contribution in [-0.4, -0.2) is 54.7 Å². The topological polar surface area (TPSA) is 116 Å². The molecule has 0 radical (unpaired) electrons. The van der Waals surface area contributed by atoms with Crippen molar-refractivity contribution in [2.24, 2.45) is 5.92 Å². The number of unbranched alkanes of at least 4 members (excludes halogenated alkanes) is 1. The van der Waals surface area contributed by atoms with E-state index in [0.29, 0.717) is 19.3 Å². The van der Waals surface area contributed by atoms with Crippen molar-refractivity contribution in [1.82, 2.24) is 21.3 Å². The predicted octanol–water partition coefficient (Wildman–Crippen LogP) is 5.01. The second-order valence-corrected chi connectivity index (χ2v) is 12.7. The van der Waals surface area contributed by atoms with Crippen molar-refractivity contribution in [2.75, 3.05) is 13.1 Å². The van der Waals surface area contributed by atoms with Crippen LogP contribution in [0.3, 0.4) is 0 Å². The third kappa shape index (κ3) is 9.26. The Morgan fingerprint density at radius 3 is 1.68 bits per heavy atom. The Morgan fingerprint density at radius 1 is 0.681 bits per heavy atom. The van der Waals surface area contributed by atoms with Crippen LogP contribution in [-0.2, 0) is 32.0 Å². The van der Waals surface area contributed by atoms with E-state index in [4.69, 9.17) is 0 Å². The minimum atomic E-state index is -0.956. The molecule has 8 nitrogen and oxygen atoms in total. The molecule has 0 aromatic heterocycles. The van der Waals surface area contributed by atoms with E-state index in [1.165, 1.54) is 6.92 Å². The fraction of sp³-hybridized carbons (Fsp3) is 0.385. The van der Waals surface area contributed by atoms with E-state index in [0.717, 1.165) is 58.6 Å². The number of ketones is 1. The summed E-state index contributed by atoms with van der Waals surface area (Å²) in [6.45, 7) is 5.02. The lowest BCUT2D eigenvalue weighted by Gasteiger charge is -2.27. The molecular formula is C39H46N4O4. The molecule has 8 heteroatoms. The van der Waals surface area contributed by atoms with Gasteiger partial charge in [0.1, 0.15) is 12.1 Å². The Bertz CT molecular complexity index is 1710. The Kier molecular flexibility index (Phi) is 11.7. The monoisotopic (exact) mass is 634 g/mol. The number of amides is 3. The molecule has 0 saturated carbocycles. The molecule has 47 heavy (non-hydrogen) atoms. The summed E-state index contributed by atoms with van der Waals surface area (Å²) < 4.78 is 0. The van der Waals surface area contributed by atoms with Crippen molar-refractivity contribution in [3.63, 3.8) is 0 Å². The van der Waals surface area contributed by atoms with Crippen molar-refractivity contribution in [3.8, 4) is 0 Å². The summed E-state index contributed by atoms with van der Waals surface area (Å²) in [6, 6.07) is 25.5. The maximum absolute atomic E-state index is 14.2. The molecule has 3 unspecified atom stereocenters. The lowest BCUT2D eigenvalue weighted by Crippen LogP contribution is -2.57. The molecular weight excluding hydrogens is 588 g/mol. The van der Waals surface area contributed by atoms with E-state index < -0.39 is 29.9 Å². The van der Waals surface area contributed by atoms with E-state index >= 15 is 0 Å². The molecule has 0 aliphatic carbocycles. The summed E-state index contributed by atoms with van der Waals surface area (Å²) in [5.41, 5.74) is 1.78. The van der Waals surface area contributed by atoms with Gasteiger partial charge in [0.05, 0.1) is 6.04 Å². The third-order valence-corrected chi connectivity index (χ3v) is 9.14. The molecule has 3 amide bonds. The van der Waals surface area contributed by atoms with Gasteiger partial charge in [0.25, 0.3) is 0 Å². The number of carbonyl (C=O) groups is 4. The predicted molar refractivity (Wildman–Crippen MR) is 187 cm³/mol. The number of Topliss-reactive ketones (excluding diaryl/α,β-unsaturated/α-hetero) is 1. The summed E-state index contributed by atoms with van der Waals surface area (Å²) >= 11 is 0. The van der Waals surface area contributed by atoms with Crippen LogP contribution in [0, 0.1) is 5.92 Å². The van der Waals surface area contributed by atoms with Crippen molar-refractivity contribution in [3.05, 3.63) is 96.1 Å². The molecule has 0 bridgehead atoms. The van der Waals surface area contributed by atoms with Crippen LogP contribution < -0.4 is 21.3 Å². The van der Waals surface area contributed by atoms with Crippen molar-refractivity contribution in [1.29, 1.82) is 0 Å². The summed E-state index contributed by atoms with van der Waals surface area (Å²) in [6.07, 6.45) is 4.12. The molecule has 246 valence electrons. The van der Waals surface area contributed by atoms with Gasteiger partial charge in [0.2, 0.25) is 17.7 Å². The Hall–Kier alpha value is -4.56. The number of hydrogen-bond donors (Lipinski definition) is 4. The standard InChI is InChI=1S/C39H46N4O4/c1-3-4-13-34(26(2)44)41-38(46)36(25-28-15-17-30-10-6-8-12-33(30)23-28)43-39(47)35(42-37(45)31-18-20-40-21-19-31)24-27-14-16-29-9-5-7-11-32(29)22-27/h5-12,14-17,22-23,31,34-36,40H,3-4,13,18-21,24-25H2,1-2H3,(H,41,46)(H,42,45)(H,43,47). The zero-order valence-corrected chi connectivity index (χ0v) is 27.4. The Labute approximate surface area is 277 Å². The first kappa shape index (κ1) is 33.8. The number of fused-ring (bicyclic) bond motifs is 2. The first-order chi connectivity index (χ1) is 22.8. The SMILES string of the molecule is CCCCC(NC(=O)C(Cc1ccc2ccccc2c1)NC(=O)C(Cc1ccc2ccccc2c1)NC(=O)C1CCNCC1)C(C)=O. The maximum atomic E-state index is 14.2. The number of carbonyl (C=O) groups excluding carboxylic acids is 4. The van der Waals surface area contributed by atoms with Crippen molar-refractivity contribution >= 4 is 45.0 Å². The van der Waals surface area contributed by atoms with Crippen LogP contribution in [0.2, 0.25) is 0 Å². The number of benzene rings is 4. The summed E-state index contributed by atoms with van der Waals surface area (Å²) in [4.78, 5) is 53.9. The zero-order chi connectivity index (χ0) is 33.2. The second kappa shape index (κ2) is 16.3. The maximum Gasteiger partial charge on any atom is 0.243 e. The highest BCUT2D eigenvalue weighted by molar-refractivity contribution is 5.95. The van der Waals surface area contributed by atoms with Gasteiger partial charge in [-0.2, -0.15) is 0 Å². The smallest absolute Gasteiger partial charge is 0.243 e. The lowest BCUT2D eigenvalue weighted by molar-refractivity contribution is -0.134. The fourth-order valence-corrected chi connectivity index (χ4v) is 6.33. The number of hydrogen-bond acceptors (Lipinski definition) is 5. The number of piperidine rings is 1. The average molecular weight is 635 g/mol. The molecule has 4 N–H and O–H groups in total. The highest BCUT2D eigenvalue weighted by Crippen LogP contribution is 2.20. The summed E-state index contributed by atoms with van der Waals surface area (Å²) in [5, 5.41) is 16.5. The van der Waals surface area contributed by atoms with Gasteiger partial charge in [-0.3, -0.25) is 19.2 Å². The van der Waals surface area contributed by atoms with Crippen LogP contribution >= 0.6 is 0 Å². The minimum Gasteiger partial charge on any atom is -0.345 e. The second-order valence-electron chi connectivity index (χ2n) is 12.7. The van der Waals surface area contributed by atoms with Gasteiger partial charge in [0, 0.05) is 18.8 Å². The van der Waals surface area contributed by atoms with Gasteiger partial charge in [0.15, 0.2) is 5.78 Å². The van der Waals surface area contributed by atoms with Crippen LogP contribution in [0.5, 0.6) is 0 Å². The normalized spacial score (nSPS) is 15.4. The summed E-state index contributed by atoms with van der Waals surface area (Å²) in [5.74, 6) is -1.31. The minimum absolute atomic E-state index is 0.119. The highest BCUT2D eigenvalue weighted by Gasteiger charge is 2.31. The van der Waals surface area contributed by atoms with E-state index in [9.17, 15) is 19.2 Å². The van der Waals surface area contributed by atoms with Gasteiger partial charge >= 0.3 is 0 Å². The van der Waals surface area contributed by atoms with Gasteiger partial charge in [-0.05, 0) is 71.9 Å². The Balaban J connectivity index is 1.41. The van der Waals surface area contributed by atoms with E-state index in [1.54, 1.807) is 0 Å². The number of nitrogens with one attached hydrogen (secondary N) is 4. The summed E-state index contributed by atoms with van der Waals surface area (Å²) in [7, 11) is 0. The molecule has 4 aromatic carbocycles. The molecule has 1 aliphatic heterocycles. The molecule has 1 saturated heterocycles. The third-order valence-electron chi connectivity index (χ3n) is 9.14. The Morgan fingerprint density at radius 2 is 1.17 bits per heavy atom. The molecule has 3 atom stereocenters. The molecule has 4 aromatic rings. The molecule has 1 fully saturated rings. The fourth-order valence-electron chi connectivity index (χ4n) is 6.33. The van der Waals surface area contributed by atoms with Gasteiger partial charge in [-0.15, -0.1) is 0 Å². The van der Waals surface area contributed by atoms with E-state index in [1.807, 2.05) is 91.9 Å². The average Bonchev–Trinajstić information content (AvgIpc) is 3.09. The number of rotatable bonds is 14. The van der Waals surface area contributed by atoms with Crippen LogP contribution in [0.15, 0.2) is 84.9 Å². The van der Waals surface area contributed by atoms with Crippen molar-refractivity contribution < 1.29 is 19.2 Å². The van der Waals surface area contributed by atoms with E-state index in [2.05, 4.69) is 21.3 Å². The van der Waals surface area contributed by atoms with Crippen LogP contribution in [0.4, 0.5) is 0 Å². The first-order valence-corrected chi connectivity index (χ1v) is 16.9. The first-order valence-electron chi connectivity index (χ1n) is 16.9. The highest BCUT2D eigenvalue weighted by atomic mass is 16.2. The molecule has 0 spiro atoms. The zero-order valence-electron chi connectivity index (χ0n) is 27.4. The van der Waals surface area contributed by atoms with E-state index in [-0.39, 0.29) is 30.4 Å². The van der Waals surface area contributed by atoms with Gasteiger partial charge in [-0.25, -0.2) is 0 Å². The van der Waals surface area contributed by atoms with Gasteiger partial charge < -0.3 is 21.3 Å².